The summed E-state index contributed by atoms with van der Waals surface area (Å²) in [6, 6.07) is 15.7. The Labute approximate surface area is 184 Å². The number of hydrogen-bond acceptors (Lipinski definition) is 6. The molecule has 0 saturated heterocycles. The third kappa shape index (κ3) is 5.43. The Kier molecular flexibility index (Phi) is 7.29. The fourth-order valence-corrected chi connectivity index (χ4v) is 3.42. The maximum Gasteiger partial charge on any atom is 0.272 e. The number of amides is 2. The SMILES string of the molecule is COc1ccccc1NC(=O)/C(=C\c1ccc(OC)c(OC)c1)NC(=O)c1cccs1. The number of benzene rings is 2. The van der Waals surface area contributed by atoms with Gasteiger partial charge in [-0.1, -0.05) is 24.3 Å². The highest BCUT2D eigenvalue weighted by Crippen LogP contribution is 2.29. The Bertz CT molecular complexity index is 1090. The van der Waals surface area contributed by atoms with Crippen molar-refractivity contribution in [3.63, 3.8) is 0 Å². The van der Waals surface area contributed by atoms with Gasteiger partial charge in [0.2, 0.25) is 0 Å². The fraction of sp³-hybridized carbons (Fsp3) is 0.130. The number of carbonyl (C=O) groups is 2. The van der Waals surface area contributed by atoms with Gasteiger partial charge in [-0.05, 0) is 47.4 Å². The number of thiophene rings is 1. The van der Waals surface area contributed by atoms with Crippen molar-refractivity contribution in [1.29, 1.82) is 0 Å². The molecule has 1 aromatic heterocycles. The van der Waals surface area contributed by atoms with Crippen LogP contribution >= 0.6 is 11.3 Å². The van der Waals surface area contributed by atoms with Crippen molar-refractivity contribution in [3.05, 3.63) is 76.1 Å². The lowest BCUT2D eigenvalue weighted by Gasteiger charge is -2.13. The average Bonchev–Trinajstić information content (AvgIpc) is 3.34. The lowest BCUT2D eigenvalue weighted by atomic mass is 10.1. The van der Waals surface area contributed by atoms with E-state index in [-0.39, 0.29) is 11.6 Å². The molecule has 0 radical (unpaired) electrons. The number of hydrogen-bond donors (Lipinski definition) is 2. The predicted molar refractivity (Wildman–Crippen MR) is 121 cm³/mol. The molecule has 1 heterocycles. The second-order valence-corrected chi connectivity index (χ2v) is 7.21. The largest absolute Gasteiger partial charge is 0.495 e. The molecule has 0 unspecified atom stereocenters. The first-order chi connectivity index (χ1) is 15.0. The van der Waals surface area contributed by atoms with E-state index in [1.807, 2.05) is 0 Å². The molecule has 0 bridgehead atoms. The van der Waals surface area contributed by atoms with Gasteiger partial charge in [0.25, 0.3) is 11.8 Å². The summed E-state index contributed by atoms with van der Waals surface area (Å²) in [5, 5.41) is 7.28. The average molecular weight is 439 g/mol. The number of rotatable bonds is 8. The van der Waals surface area contributed by atoms with E-state index in [1.54, 1.807) is 73.2 Å². The van der Waals surface area contributed by atoms with Crippen molar-refractivity contribution in [2.45, 2.75) is 0 Å². The number of para-hydroxylation sites is 2. The normalized spacial score (nSPS) is 10.9. The molecule has 3 aromatic rings. The number of carbonyl (C=O) groups excluding carboxylic acids is 2. The summed E-state index contributed by atoms with van der Waals surface area (Å²) in [7, 11) is 4.59. The minimum Gasteiger partial charge on any atom is -0.495 e. The first kappa shape index (κ1) is 21.9. The van der Waals surface area contributed by atoms with E-state index >= 15 is 0 Å². The molecule has 8 heteroatoms. The maximum atomic E-state index is 13.1. The summed E-state index contributed by atoms with van der Waals surface area (Å²) in [6.07, 6.45) is 1.57. The highest BCUT2D eigenvalue weighted by Gasteiger charge is 2.17. The first-order valence-corrected chi connectivity index (χ1v) is 10.2. The first-order valence-electron chi connectivity index (χ1n) is 9.28. The second kappa shape index (κ2) is 10.3. The van der Waals surface area contributed by atoms with E-state index in [0.717, 1.165) is 0 Å². The lowest BCUT2D eigenvalue weighted by Crippen LogP contribution is -2.30. The van der Waals surface area contributed by atoms with Gasteiger partial charge in [-0.25, -0.2) is 0 Å². The maximum absolute atomic E-state index is 13.1. The molecular weight excluding hydrogens is 416 g/mol. The Balaban J connectivity index is 1.95. The van der Waals surface area contributed by atoms with Gasteiger partial charge in [0.05, 0.1) is 31.9 Å². The van der Waals surface area contributed by atoms with Crippen LogP contribution in [0.2, 0.25) is 0 Å². The Morgan fingerprint density at radius 2 is 1.61 bits per heavy atom. The lowest BCUT2D eigenvalue weighted by molar-refractivity contribution is -0.113. The van der Waals surface area contributed by atoms with Gasteiger partial charge in [-0.2, -0.15) is 0 Å². The van der Waals surface area contributed by atoms with Crippen LogP contribution in [0, 0.1) is 0 Å². The number of ether oxygens (including phenoxy) is 3. The molecule has 0 fully saturated rings. The van der Waals surface area contributed by atoms with Gasteiger partial charge in [-0.15, -0.1) is 11.3 Å². The van der Waals surface area contributed by atoms with Crippen LogP contribution in [0.25, 0.3) is 6.08 Å². The number of methoxy groups -OCH3 is 3. The van der Waals surface area contributed by atoms with Crippen LogP contribution in [-0.2, 0) is 4.79 Å². The van der Waals surface area contributed by atoms with E-state index in [1.165, 1.54) is 25.6 Å². The molecule has 2 amide bonds. The zero-order valence-corrected chi connectivity index (χ0v) is 18.1. The molecule has 0 atom stereocenters. The van der Waals surface area contributed by atoms with Crippen molar-refractivity contribution in [3.8, 4) is 17.2 Å². The van der Waals surface area contributed by atoms with Crippen LogP contribution in [0.3, 0.4) is 0 Å². The molecule has 0 aliphatic rings. The van der Waals surface area contributed by atoms with Gasteiger partial charge in [0.15, 0.2) is 11.5 Å². The van der Waals surface area contributed by atoms with E-state index in [0.29, 0.717) is 33.4 Å². The summed E-state index contributed by atoms with van der Waals surface area (Å²) in [5.41, 5.74) is 1.20. The van der Waals surface area contributed by atoms with Crippen molar-refractivity contribution >= 4 is 34.9 Å². The predicted octanol–water partition coefficient (Wildman–Crippen LogP) is 4.18. The summed E-state index contributed by atoms with van der Waals surface area (Å²) < 4.78 is 15.9. The molecule has 0 aliphatic carbocycles. The topological polar surface area (TPSA) is 85.9 Å². The van der Waals surface area contributed by atoms with Crippen LogP contribution in [0.15, 0.2) is 65.7 Å². The van der Waals surface area contributed by atoms with E-state index in [4.69, 9.17) is 14.2 Å². The van der Waals surface area contributed by atoms with Crippen LogP contribution in [0.5, 0.6) is 17.2 Å². The molecule has 2 N–H and O–H groups in total. The number of nitrogens with one attached hydrogen (secondary N) is 2. The second-order valence-electron chi connectivity index (χ2n) is 6.26. The van der Waals surface area contributed by atoms with E-state index < -0.39 is 5.91 Å². The van der Waals surface area contributed by atoms with Crippen molar-refractivity contribution < 1.29 is 23.8 Å². The van der Waals surface area contributed by atoms with E-state index in [9.17, 15) is 9.59 Å². The molecular formula is C23H22N2O5S. The zero-order valence-electron chi connectivity index (χ0n) is 17.3. The van der Waals surface area contributed by atoms with Crippen LogP contribution in [0.4, 0.5) is 5.69 Å². The van der Waals surface area contributed by atoms with Gasteiger partial charge in [-0.3, -0.25) is 9.59 Å². The monoisotopic (exact) mass is 438 g/mol. The fourth-order valence-electron chi connectivity index (χ4n) is 2.80. The summed E-state index contributed by atoms with van der Waals surface area (Å²) >= 11 is 1.28. The van der Waals surface area contributed by atoms with Gasteiger partial charge < -0.3 is 24.8 Å². The zero-order chi connectivity index (χ0) is 22.2. The standard InChI is InChI=1S/C23H22N2O5S/c1-28-18-8-5-4-7-16(18)24-22(26)17(25-23(27)21-9-6-12-31-21)13-15-10-11-19(29-2)20(14-15)30-3/h4-14H,1-3H3,(H,24,26)(H,25,27)/b17-13+. The summed E-state index contributed by atoms with van der Waals surface area (Å²) in [4.78, 5) is 26.2. The van der Waals surface area contributed by atoms with Gasteiger partial charge in [0, 0.05) is 0 Å². The minimum absolute atomic E-state index is 0.0662. The Morgan fingerprint density at radius 1 is 0.871 bits per heavy atom. The highest BCUT2D eigenvalue weighted by molar-refractivity contribution is 7.12. The Morgan fingerprint density at radius 3 is 2.29 bits per heavy atom. The van der Waals surface area contributed by atoms with Crippen LogP contribution in [-0.4, -0.2) is 33.1 Å². The summed E-state index contributed by atoms with van der Waals surface area (Å²) in [6.45, 7) is 0. The van der Waals surface area contributed by atoms with Crippen LogP contribution in [0.1, 0.15) is 15.2 Å². The highest BCUT2D eigenvalue weighted by atomic mass is 32.1. The molecule has 160 valence electrons. The summed E-state index contributed by atoms with van der Waals surface area (Å²) in [5.74, 6) is 0.694. The van der Waals surface area contributed by atoms with E-state index in [2.05, 4.69) is 10.6 Å². The minimum atomic E-state index is -0.496. The van der Waals surface area contributed by atoms with Crippen molar-refractivity contribution in [2.75, 3.05) is 26.6 Å². The molecule has 31 heavy (non-hydrogen) atoms. The molecule has 3 rings (SSSR count). The molecule has 0 aliphatic heterocycles. The smallest absolute Gasteiger partial charge is 0.272 e. The Hall–Kier alpha value is -3.78. The quantitative estimate of drug-likeness (QED) is 0.515. The molecule has 0 spiro atoms. The van der Waals surface area contributed by atoms with Gasteiger partial charge >= 0.3 is 0 Å². The number of anilines is 1. The third-order valence-electron chi connectivity index (χ3n) is 4.31. The molecule has 0 saturated carbocycles. The van der Waals surface area contributed by atoms with Crippen molar-refractivity contribution in [1.82, 2.24) is 5.32 Å². The van der Waals surface area contributed by atoms with Crippen molar-refractivity contribution in [2.24, 2.45) is 0 Å². The van der Waals surface area contributed by atoms with Crippen LogP contribution < -0.4 is 24.8 Å². The third-order valence-corrected chi connectivity index (χ3v) is 5.18. The van der Waals surface area contributed by atoms with Gasteiger partial charge in [0.1, 0.15) is 11.4 Å². The molecule has 2 aromatic carbocycles. The molecule has 7 nitrogen and oxygen atoms in total.